The van der Waals surface area contributed by atoms with Crippen LogP contribution >= 0.6 is 11.8 Å². The number of rotatable bonds is 4. The highest BCUT2D eigenvalue weighted by Gasteiger charge is 2.13. The second-order valence-electron chi connectivity index (χ2n) is 5.31. The second kappa shape index (κ2) is 5.23. The van der Waals surface area contributed by atoms with Gasteiger partial charge in [-0.2, -0.15) is 5.10 Å². The van der Waals surface area contributed by atoms with E-state index in [2.05, 4.69) is 44.2 Å². The van der Waals surface area contributed by atoms with Crippen LogP contribution in [-0.2, 0) is 7.05 Å². The maximum atomic E-state index is 4.35. The number of nitrogens with one attached hydrogen (secondary N) is 1. The van der Waals surface area contributed by atoms with Crippen molar-refractivity contribution >= 4 is 11.8 Å². The maximum Gasteiger partial charge on any atom is 0.0942 e. The van der Waals surface area contributed by atoms with Gasteiger partial charge in [0.15, 0.2) is 0 Å². The van der Waals surface area contributed by atoms with Gasteiger partial charge in [-0.25, -0.2) is 0 Å². The van der Waals surface area contributed by atoms with Crippen molar-refractivity contribution in [2.45, 2.75) is 50.4 Å². The molecule has 1 heterocycles. The zero-order valence-corrected chi connectivity index (χ0v) is 12.0. The van der Waals surface area contributed by atoms with E-state index in [9.17, 15) is 0 Å². The standard InChI is InChI=1S/C12H23N3S/c1-9-7-11(15(6)14-9)16-10(2)8-13-12(3,4)5/h7,10,13H,8H2,1-6H3. The number of hydrogen-bond acceptors (Lipinski definition) is 3. The fourth-order valence-corrected chi connectivity index (χ4v) is 2.41. The Kier molecular flexibility index (Phi) is 4.44. The van der Waals surface area contributed by atoms with Crippen molar-refractivity contribution in [3.63, 3.8) is 0 Å². The second-order valence-corrected chi connectivity index (χ2v) is 6.77. The molecule has 0 bridgehead atoms. The van der Waals surface area contributed by atoms with Gasteiger partial charge in [-0.1, -0.05) is 6.92 Å². The smallest absolute Gasteiger partial charge is 0.0942 e. The summed E-state index contributed by atoms with van der Waals surface area (Å²) in [6.07, 6.45) is 0. The van der Waals surface area contributed by atoms with Crippen LogP contribution in [0.2, 0.25) is 0 Å². The Labute approximate surface area is 103 Å². The Balaban J connectivity index is 2.45. The lowest BCUT2D eigenvalue weighted by atomic mass is 10.1. The van der Waals surface area contributed by atoms with Gasteiger partial charge < -0.3 is 5.32 Å². The van der Waals surface area contributed by atoms with Crippen LogP contribution in [0.3, 0.4) is 0 Å². The molecule has 0 amide bonds. The molecule has 3 nitrogen and oxygen atoms in total. The first-order chi connectivity index (χ1) is 7.28. The zero-order chi connectivity index (χ0) is 12.3. The summed E-state index contributed by atoms with van der Waals surface area (Å²) in [5.74, 6) is 0. The molecule has 0 saturated heterocycles. The number of thioether (sulfide) groups is 1. The van der Waals surface area contributed by atoms with E-state index in [1.165, 1.54) is 5.03 Å². The Hall–Kier alpha value is -0.480. The first kappa shape index (κ1) is 13.6. The van der Waals surface area contributed by atoms with Crippen LogP contribution in [0.15, 0.2) is 11.1 Å². The monoisotopic (exact) mass is 241 g/mol. The molecule has 1 atom stereocenters. The van der Waals surface area contributed by atoms with Crippen LogP contribution in [0.4, 0.5) is 0 Å². The van der Waals surface area contributed by atoms with Gasteiger partial charge in [0.05, 0.1) is 10.7 Å². The topological polar surface area (TPSA) is 29.9 Å². The Morgan fingerprint density at radius 1 is 1.50 bits per heavy atom. The molecular formula is C12H23N3S. The predicted octanol–water partition coefficient (Wildman–Crippen LogP) is 2.60. The van der Waals surface area contributed by atoms with E-state index < -0.39 is 0 Å². The minimum atomic E-state index is 0.192. The molecule has 16 heavy (non-hydrogen) atoms. The number of aryl methyl sites for hydroxylation is 2. The van der Waals surface area contributed by atoms with E-state index in [1.807, 2.05) is 30.4 Å². The lowest BCUT2D eigenvalue weighted by molar-refractivity contribution is 0.429. The van der Waals surface area contributed by atoms with Crippen LogP contribution in [0, 0.1) is 6.92 Å². The fourth-order valence-electron chi connectivity index (χ4n) is 1.39. The molecular weight excluding hydrogens is 218 g/mol. The van der Waals surface area contributed by atoms with Crippen LogP contribution in [0.5, 0.6) is 0 Å². The molecule has 1 N–H and O–H groups in total. The molecule has 92 valence electrons. The van der Waals surface area contributed by atoms with Crippen molar-refractivity contribution in [2.75, 3.05) is 6.54 Å². The molecule has 0 saturated carbocycles. The highest BCUT2D eigenvalue weighted by Crippen LogP contribution is 2.23. The Morgan fingerprint density at radius 2 is 2.12 bits per heavy atom. The minimum absolute atomic E-state index is 0.192. The minimum Gasteiger partial charge on any atom is -0.311 e. The summed E-state index contributed by atoms with van der Waals surface area (Å²) in [5.41, 5.74) is 1.28. The maximum absolute atomic E-state index is 4.35. The lowest BCUT2D eigenvalue weighted by Crippen LogP contribution is -2.39. The van der Waals surface area contributed by atoms with Gasteiger partial charge in [0.1, 0.15) is 0 Å². The van der Waals surface area contributed by atoms with Crippen LogP contribution in [0.25, 0.3) is 0 Å². The number of nitrogens with zero attached hydrogens (tertiary/aromatic N) is 2. The summed E-state index contributed by atoms with van der Waals surface area (Å²) in [6, 6.07) is 2.14. The van der Waals surface area contributed by atoms with Crippen LogP contribution in [0.1, 0.15) is 33.4 Å². The van der Waals surface area contributed by atoms with Gasteiger partial charge in [0.2, 0.25) is 0 Å². The van der Waals surface area contributed by atoms with Gasteiger partial charge in [-0.15, -0.1) is 11.8 Å². The van der Waals surface area contributed by atoms with Gasteiger partial charge in [0.25, 0.3) is 0 Å². The first-order valence-corrected chi connectivity index (χ1v) is 6.58. The highest BCUT2D eigenvalue weighted by atomic mass is 32.2. The molecule has 0 aliphatic rings. The van der Waals surface area contributed by atoms with Crippen molar-refractivity contribution in [1.29, 1.82) is 0 Å². The van der Waals surface area contributed by atoms with E-state index in [0.29, 0.717) is 5.25 Å². The SMILES string of the molecule is Cc1cc(SC(C)CNC(C)(C)C)n(C)n1. The molecule has 1 aromatic rings. The third kappa shape index (κ3) is 4.58. The normalized spacial score (nSPS) is 14.1. The van der Waals surface area contributed by atoms with Gasteiger partial charge in [-0.3, -0.25) is 4.68 Å². The summed E-state index contributed by atoms with van der Waals surface area (Å²) >= 11 is 1.87. The third-order valence-corrected chi connectivity index (χ3v) is 3.39. The van der Waals surface area contributed by atoms with Crippen molar-refractivity contribution < 1.29 is 0 Å². The lowest BCUT2D eigenvalue weighted by Gasteiger charge is -2.23. The summed E-state index contributed by atoms with van der Waals surface area (Å²) in [4.78, 5) is 0. The first-order valence-electron chi connectivity index (χ1n) is 5.70. The summed E-state index contributed by atoms with van der Waals surface area (Å²) in [5, 5.41) is 9.65. The number of hydrogen-bond donors (Lipinski definition) is 1. The molecule has 1 rings (SSSR count). The average molecular weight is 241 g/mol. The fraction of sp³-hybridized carbons (Fsp3) is 0.750. The van der Waals surface area contributed by atoms with Gasteiger partial charge in [-0.05, 0) is 33.8 Å². The van der Waals surface area contributed by atoms with Crippen molar-refractivity contribution in [3.05, 3.63) is 11.8 Å². The van der Waals surface area contributed by atoms with E-state index >= 15 is 0 Å². The molecule has 1 unspecified atom stereocenters. The number of aromatic nitrogens is 2. The summed E-state index contributed by atoms with van der Waals surface area (Å²) in [6.45, 7) is 11.9. The predicted molar refractivity (Wildman–Crippen MR) is 71.0 cm³/mol. The largest absolute Gasteiger partial charge is 0.311 e. The Morgan fingerprint density at radius 3 is 2.56 bits per heavy atom. The van der Waals surface area contributed by atoms with E-state index in [0.717, 1.165) is 12.2 Å². The van der Waals surface area contributed by atoms with Crippen molar-refractivity contribution in [1.82, 2.24) is 15.1 Å². The summed E-state index contributed by atoms with van der Waals surface area (Å²) < 4.78 is 1.95. The average Bonchev–Trinajstić information content (AvgIpc) is 2.41. The zero-order valence-electron chi connectivity index (χ0n) is 11.2. The highest BCUT2D eigenvalue weighted by molar-refractivity contribution is 7.99. The van der Waals surface area contributed by atoms with E-state index in [4.69, 9.17) is 0 Å². The third-order valence-electron chi connectivity index (χ3n) is 2.20. The van der Waals surface area contributed by atoms with Crippen LogP contribution in [-0.4, -0.2) is 27.1 Å². The van der Waals surface area contributed by atoms with Crippen molar-refractivity contribution in [3.8, 4) is 0 Å². The van der Waals surface area contributed by atoms with Crippen LogP contribution < -0.4 is 5.32 Å². The molecule has 4 heteroatoms. The van der Waals surface area contributed by atoms with Gasteiger partial charge >= 0.3 is 0 Å². The van der Waals surface area contributed by atoms with Gasteiger partial charge in [0, 0.05) is 24.4 Å². The molecule has 0 radical (unpaired) electrons. The molecule has 0 aromatic carbocycles. The molecule has 0 fully saturated rings. The van der Waals surface area contributed by atoms with E-state index in [-0.39, 0.29) is 5.54 Å². The molecule has 1 aromatic heterocycles. The molecule has 0 aliphatic heterocycles. The van der Waals surface area contributed by atoms with Crippen molar-refractivity contribution in [2.24, 2.45) is 7.05 Å². The molecule has 0 spiro atoms. The summed E-state index contributed by atoms with van der Waals surface area (Å²) in [7, 11) is 2.00. The Bertz CT molecular complexity index is 339. The van der Waals surface area contributed by atoms with E-state index in [1.54, 1.807) is 0 Å². The quantitative estimate of drug-likeness (QED) is 0.822. The molecule has 0 aliphatic carbocycles.